The lowest BCUT2D eigenvalue weighted by Gasteiger charge is -2.04. The Hall–Kier alpha value is -0.0500. The van der Waals surface area contributed by atoms with Crippen molar-refractivity contribution in [3.63, 3.8) is 0 Å². The molecule has 7 heteroatoms. The van der Waals surface area contributed by atoms with Gasteiger partial charge in [-0.1, -0.05) is 0 Å². The van der Waals surface area contributed by atoms with E-state index >= 15 is 0 Å². The van der Waals surface area contributed by atoms with E-state index in [-0.39, 0.29) is 13.2 Å². The molecule has 6 nitrogen and oxygen atoms in total. The van der Waals surface area contributed by atoms with Crippen molar-refractivity contribution in [1.82, 2.24) is 5.32 Å². The third-order valence-electron chi connectivity index (χ3n) is 0.790. The lowest BCUT2D eigenvalue weighted by molar-refractivity contribution is -0.0373. The van der Waals surface area contributed by atoms with Gasteiger partial charge in [0.05, 0.1) is 6.61 Å². The van der Waals surface area contributed by atoms with Crippen molar-refractivity contribution in [1.29, 1.82) is 0 Å². The molecular formula is C4H11NO5S. The van der Waals surface area contributed by atoms with Crippen LogP contribution >= 0.6 is 0 Å². The lowest BCUT2D eigenvalue weighted by atomic mass is 10.6. The summed E-state index contributed by atoms with van der Waals surface area (Å²) >= 11 is -2.24. The first-order chi connectivity index (χ1) is 5.13. The van der Waals surface area contributed by atoms with Gasteiger partial charge in [-0.3, -0.25) is 8.74 Å². The minimum Gasteiger partial charge on any atom is -0.367 e. The molecule has 0 spiro atoms. The number of hydrogen-bond donors (Lipinski definition) is 4. The van der Waals surface area contributed by atoms with E-state index in [9.17, 15) is 4.21 Å². The summed E-state index contributed by atoms with van der Waals surface area (Å²) in [6.07, 6.45) is -1.41. The summed E-state index contributed by atoms with van der Waals surface area (Å²) in [5.41, 5.74) is 0. The van der Waals surface area contributed by atoms with E-state index in [2.05, 4.69) is 9.50 Å². The van der Waals surface area contributed by atoms with Crippen LogP contribution in [0.1, 0.15) is 0 Å². The van der Waals surface area contributed by atoms with Crippen LogP contribution in [0.15, 0.2) is 0 Å². The zero-order valence-electron chi connectivity index (χ0n) is 5.77. The lowest BCUT2D eigenvalue weighted by Crippen LogP contribution is -2.29. The molecule has 1 atom stereocenters. The van der Waals surface area contributed by atoms with Crippen molar-refractivity contribution in [3.05, 3.63) is 0 Å². The van der Waals surface area contributed by atoms with Gasteiger partial charge in [0, 0.05) is 13.1 Å². The van der Waals surface area contributed by atoms with Gasteiger partial charge in [0.25, 0.3) is 0 Å². The molecule has 0 rings (SSSR count). The average Bonchev–Trinajstić information content (AvgIpc) is 1.85. The Bertz CT molecular complexity index is 119. The molecule has 0 saturated heterocycles. The second-order valence-electron chi connectivity index (χ2n) is 1.72. The molecule has 0 aliphatic heterocycles. The Morgan fingerprint density at radius 1 is 1.55 bits per heavy atom. The minimum absolute atomic E-state index is 0.0153. The molecule has 0 aliphatic rings. The predicted molar refractivity (Wildman–Crippen MR) is 37.8 cm³/mol. The van der Waals surface area contributed by atoms with Gasteiger partial charge >= 0.3 is 11.4 Å². The third kappa shape index (κ3) is 9.95. The molecule has 0 heterocycles. The number of aliphatic hydroxyl groups excluding tert-OH is 1. The number of rotatable bonds is 6. The molecular weight excluding hydrogens is 174 g/mol. The van der Waals surface area contributed by atoms with E-state index in [0.29, 0.717) is 6.54 Å². The van der Waals surface area contributed by atoms with Crippen LogP contribution in [0.4, 0.5) is 0 Å². The normalized spacial score (nSPS) is 13.8. The first kappa shape index (κ1) is 11.0. The van der Waals surface area contributed by atoms with Crippen LogP contribution in [0.5, 0.6) is 0 Å². The summed E-state index contributed by atoms with van der Waals surface area (Å²) in [6.45, 7) is 0.362. The summed E-state index contributed by atoms with van der Waals surface area (Å²) in [6, 6.07) is 0. The van der Waals surface area contributed by atoms with E-state index < -0.39 is 17.7 Å². The molecule has 0 radical (unpaired) electrons. The third-order valence-corrected chi connectivity index (χ3v) is 1.16. The number of nitrogens with one attached hydrogen (secondary N) is 1. The number of aliphatic hydroxyl groups is 2. The van der Waals surface area contributed by atoms with Gasteiger partial charge in [0.2, 0.25) is 0 Å². The molecule has 0 aromatic heterocycles. The van der Waals surface area contributed by atoms with Crippen LogP contribution in [0, 0.1) is 0 Å². The molecule has 0 aromatic rings. The Morgan fingerprint density at radius 2 is 2.18 bits per heavy atom. The molecule has 1 unspecified atom stereocenters. The zero-order valence-corrected chi connectivity index (χ0v) is 6.58. The van der Waals surface area contributed by atoms with Crippen molar-refractivity contribution < 1.29 is 23.2 Å². The highest BCUT2D eigenvalue weighted by Gasteiger charge is 1.96. The molecule has 68 valence electrons. The van der Waals surface area contributed by atoms with Gasteiger partial charge in [-0.05, 0) is 0 Å². The maximum atomic E-state index is 9.86. The smallest absolute Gasteiger partial charge is 0.301 e. The summed E-state index contributed by atoms with van der Waals surface area (Å²) < 4.78 is 22.2. The second kappa shape index (κ2) is 6.65. The highest BCUT2D eigenvalue weighted by Crippen LogP contribution is 1.76. The van der Waals surface area contributed by atoms with E-state index in [1.807, 2.05) is 0 Å². The van der Waals surface area contributed by atoms with Crippen LogP contribution in [0.2, 0.25) is 0 Å². The highest BCUT2D eigenvalue weighted by atomic mass is 32.2. The Balaban J connectivity index is 2.97. The van der Waals surface area contributed by atoms with Gasteiger partial charge in [0.1, 0.15) is 0 Å². The SMILES string of the molecule is O=S(O)OCCNCC(O)O. The van der Waals surface area contributed by atoms with Crippen molar-refractivity contribution in [2.45, 2.75) is 6.29 Å². The molecule has 11 heavy (non-hydrogen) atoms. The monoisotopic (exact) mass is 185 g/mol. The van der Waals surface area contributed by atoms with Crippen LogP contribution in [-0.2, 0) is 15.5 Å². The molecule has 0 fully saturated rings. The van der Waals surface area contributed by atoms with Gasteiger partial charge in [-0.15, -0.1) is 0 Å². The standard InChI is InChI=1S/C4H11NO5S/c6-4(7)3-5-1-2-10-11(8)9/h4-7H,1-3H2,(H,8,9). The largest absolute Gasteiger partial charge is 0.367 e. The maximum absolute atomic E-state index is 9.86. The fraction of sp³-hybridized carbons (Fsp3) is 1.00. The van der Waals surface area contributed by atoms with Gasteiger partial charge in [-0.25, -0.2) is 0 Å². The minimum atomic E-state index is -2.24. The molecule has 0 saturated carbocycles. The van der Waals surface area contributed by atoms with Crippen LogP contribution < -0.4 is 5.32 Å². The van der Waals surface area contributed by atoms with E-state index in [1.54, 1.807) is 0 Å². The summed E-state index contributed by atoms with van der Waals surface area (Å²) in [4.78, 5) is 0. The van der Waals surface area contributed by atoms with Crippen molar-refractivity contribution in [2.24, 2.45) is 0 Å². The molecule has 0 aromatic carbocycles. The quantitative estimate of drug-likeness (QED) is 0.218. The molecule has 0 bridgehead atoms. The highest BCUT2D eigenvalue weighted by molar-refractivity contribution is 7.74. The molecule has 0 amide bonds. The zero-order chi connectivity index (χ0) is 8.69. The topological polar surface area (TPSA) is 99.0 Å². The van der Waals surface area contributed by atoms with Crippen molar-refractivity contribution in [2.75, 3.05) is 19.7 Å². The van der Waals surface area contributed by atoms with Crippen LogP contribution in [-0.4, -0.2) is 45.0 Å². The Kier molecular flexibility index (Phi) is 6.62. The van der Waals surface area contributed by atoms with Gasteiger partial charge < -0.3 is 15.5 Å². The Morgan fingerprint density at radius 3 is 2.64 bits per heavy atom. The van der Waals surface area contributed by atoms with E-state index in [4.69, 9.17) is 14.8 Å². The first-order valence-corrected chi connectivity index (χ1v) is 3.97. The van der Waals surface area contributed by atoms with E-state index in [0.717, 1.165) is 0 Å². The second-order valence-corrected chi connectivity index (χ2v) is 2.39. The predicted octanol–water partition coefficient (Wildman–Crippen LogP) is -1.96. The van der Waals surface area contributed by atoms with Crippen LogP contribution in [0.25, 0.3) is 0 Å². The molecule has 0 aliphatic carbocycles. The fourth-order valence-corrected chi connectivity index (χ4v) is 0.642. The van der Waals surface area contributed by atoms with E-state index in [1.165, 1.54) is 0 Å². The Labute approximate surface area is 66.7 Å². The summed E-state index contributed by atoms with van der Waals surface area (Å²) in [5.74, 6) is 0. The first-order valence-electron chi connectivity index (χ1n) is 2.94. The van der Waals surface area contributed by atoms with Crippen molar-refractivity contribution >= 4 is 11.4 Å². The fourth-order valence-electron chi connectivity index (χ4n) is 0.416. The number of hydrogen-bond acceptors (Lipinski definition) is 5. The van der Waals surface area contributed by atoms with Gasteiger partial charge in [0.15, 0.2) is 6.29 Å². The molecule has 4 N–H and O–H groups in total. The maximum Gasteiger partial charge on any atom is 0.301 e. The average molecular weight is 185 g/mol. The summed E-state index contributed by atoms with van der Waals surface area (Å²) in [5, 5.41) is 19.2. The summed E-state index contributed by atoms with van der Waals surface area (Å²) in [7, 11) is 0. The van der Waals surface area contributed by atoms with Crippen molar-refractivity contribution in [3.8, 4) is 0 Å². The van der Waals surface area contributed by atoms with Gasteiger partial charge in [-0.2, -0.15) is 4.21 Å². The van der Waals surface area contributed by atoms with Crippen LogP contribution in [0.3, 0.4) is 0 Å².